The maximum atomic E-state index is 11.3. The summed E-state index contributed by atoms with van der Waals surface area (Å²) in [5, 5.41) is 6.10. The lowest BCUT2D eigenvalue weighted by molar-refractivity contribution is -0.123. The number of nitrogens with zero attached hydrogens (tertiary/aromatic N) is 1. The minimum absolute atomic E-state index is 0.0361. The number of carbonyl (C=O) groups excluding carboxylic acids is 1. The lowest BCUT2D eigenvalue weighted by Gasteiger charge is -2.03. The Kier molecular flexibility index (Phi) is 4.03. The Balaban J connectivity index is 2.69. The average Bonchev–Trinajstić information content (AvgIpc) is 2.60. The fourth-order valence-corrected chi connectivity index (χ4v) is 1.94. The van der Waals surface area contributed by atoms with Crippen molar-refractivity contribution in [3.8, 4) is 0 Å². The highest BCUT2D eigenvalue weighted by atomic mass is 32.1. The molecule has 82 valence electrons. The molecule has 1 heterocycles. The van der Waals surface area contributed by atoms with Crippen LogP contribution < -0.4 is 5.43 Å². The fourth-order valence-electron chi connectivity index (χ4n) is 1.06. The van der Waals surface area contributed by atoms with E-state index < -0.39 is 0 Å². The molecule has 15 heavy (non-hydrogen) atoms. The smallest absolute Gasteiger partial charge is 0.242 e. The highest BCUT2D eigenvalue weighted by molar-refractivity contribution is 7.12. The standard InChI is InChI=1S/C11H16N2OS/c1-7(2)11(14)13-12-9(4)10-8(3)5-6-15-10/h5-7H,1-4H3,(H,13,14). The van der Waals surface area contributed by atoms with E-state index in [9.17, 15) is 4.79 Å². The first-order valence-electron chi connectivity index (χ1n) is 4.91. The van der Waals surface area contributed by atoms with Gasteiger partial charge in [-0.1, -0.05) is 13.8 Å². The number of hydrazone groups is 1. The van der Waals surface area contributed by atoms with E-state index in [0.29, 0.717) is 0 Å². The molecule has 0 aliphatic carbocycles. The maximum Gasteiger partial charge on any atom is 0.242 e. The number of amides is 1. The molecule has 0 aliphatic rings. The van der Waals surface area contributed by atoms with Crippen LogP contribution >= 0.6 is 11.3 Å². The molecular formula is C11H16N2OS. The Morgan fingerprint density at radius 3 is 2.67 bits per heavy atom. The van der Waals surface area contributed by atoms with Gasteiger partial charge in [0.1, 0.15) is 0 Å². The third-order valence-electron chi connectivity index (χ3n) is 2.05. The molecule has 1 aromatic rings. The first kappa shape index (κ1) is 11.9. The molecule has 0 bridgehead atoms. The number of rotatable bonds is 3. The van der Waals surface area contributed by atoms with E-state index in [1.54, 1.807) is 11.3 Å². The topological polar surface area (TPSA) is 41.5 Å². The van der Waals surface area contributed by atoms with Gasteiger partial charge in [-0.3, -0.25) is 4.79 Å². The van der Waals surface area contributed by atoms with Crippen molar-refractivity contribution in [3.63, 3.8) is 0 Å². The average molecular weight is 224 g/mol. The summed E-state index contributed by atoms with van der Waals surface area (Å²) in [5.41, 5.74) is 4.61. The van der Waals surface area contributed by atoms with Crippen molar-refractivity contribution < 1.29 is 4.79 Å². The molecule has 3 nitrogen and oxygen atoms in total. The maximum absolute atomic E-state index is 11.3. The van der Waals surface area contributed by atoms with Crippen LogP contribution in [0.2, 0.25) is 0 Å². The van der Waals surface area contributed by atoms with E-state index in [-0.39, 0.29) is 11.8 Å². The van der Waals surface area contributed by atoms with Gasteiger partial charge in [-0.05, 0) is 30.9 Å². The number of aryl methyl sites for hydroxylation is 1. The van der Waals surface area contributed by atoms with E-state index in [1.165, 1.54) is 5.56 Å². The van der Waals surface area contributed by atoms with Crippen molar-refractivity contribution >= 4 is 23.0 Å². The van der Waals surface area contributed by atoms with Crippen LogP contribution in [-0.4, -0.2) is 11.6 Å². The van der Waals surface area contributed by atoms with Crippen LogP contribution in [0.15, 0.2) is 16.5 Å². The monoisotopic (exact) mass is 224 g/mol. The second kappa shape index (κ2) is 5.07. The summed E-state index contributed by atoms with van der Waals surface area (Å²) in [6.07, 6.45) is 0. The van der Waals surface area contributed by atoms with Gasteiger partial charge in [-0.15, -0.1) is 11.3 Å². The normalized spacial score (nSPS) is 11.9. The van der Waals surface area contributed by atoms with Gasteiger partial charge < -0.3 is 0 Å². The summed E-state index contributed by atoms with van der Waals surface area (Å²) in [6, 6.07) is 2.04. The zero-order valence-electron chi connectivity index (χ0n) is 9.50. The molecule has 0 aromatic carbocycles. The number of nitrogens with one attached hydrogen (secondary N) is 1. The van der Waals surface area contributed by atoms with E-state index in [2.05, 4.69) is 10.5 Å². The van der Waals surface area contributed by atoms with Crippen LogP contribution in [-0.2, 0) is 4.79 Å². The Morgan fingerprint density at radius 1 is 1.53 bits per heavy atom. The molecule has 0 unspecified atom stereocenters. The van der Waals surface area contributed by atoms with Gasteiger partial charge in [0, 0.05) is 5.92 Å². The van der Waals surface area contributed by atoms with Gasteiger partial charge >= 0.3 is 0 Å². The predicted octanol–water partition coefficient (Wildman–Crippen LogP) is 2.55. The Hall–Kier alpha value is -1.16. The van der Waals surface area contributed by atoms with Gasteiger partial charge in [0.25, 0.3) is 0 Å². The summed E-state index contributed by atoms with van der Waals surface area (Å²) in [7, 11) is 0. The second-order valence-corrected chi connectivity index (χ2v) is 4.68. The molecule has 1 rings (SSSR count). The van der Waals surface area contributed by atoms with Crippen LogP contribution in [0.25, 0.3) is 0 Å². The summed E-state index contributed by atoms with van der Waals surface area (Å²) < 4.78 is 0. The minimum atomic E-state index is -0.0523. The molecule has 4 heteroatoms. The Labute approximate surface area is 94.2 Å². The zero-order chi connectivity index (χ0) is 11.4. The number of thiophene rings is 1. The Bertz CT molecular complexity index is 380. The van der Waals surface area contributed by atoms with Crippen molar-refractivity contribution in [2.45, 2.75) is 27.7 Å². The van der Waals surface area contributed by atoms with E-state index in [4.69, 9.17) is 0 Å². The molecule has 0 fully saturated rings. The molecule has 0 spiro atoms. The van der Waals surface area contributed by atoms with Gasteiger partial charge in [0.05, 0.1) is 10.6 Å². The van der Waals surface area contributed by atoms with Crippen molar-refractivity contribution in [3.05, 3.63) is 21.9 Å². The summed E-state index contributed by atoms with van der Waals surface area (Å²) in [6.45, 7) is 7.63. The number of carbonyl (C=O) groups is 1. The molecule has 0 saturated carbocycles. The summed E-state index contributed by atoms with van der Waals surface area (Å²) >= 11 is 1.64. The molecule has 0 radical (unpaired) electrons. The summed E-state index contributed by atoms with van der Waals surface area (Å²) in [4.78, 5) is 12.4. The lowest BCUT2D eigenvalue weighted by Crippen LogP contribution is -2.23. The molecule has 1 N–H and O–H groups in total. The van der Waals surface area contributed by atoms with Crippen LogP contribution in [0.1, 0.15) is 31.2 Å². The van der Waals surface area contributed by atoms with Crippen molar-refractivity contribution in [1.82, 2.24) is 5.43 Å². The largest absolute Gasteiger partial charge is 0.273 e. The molecule has 0 saturated heterocycles. The number of hydrogen-bond donors (Lipinski definition) is 1. The third kappa shape index (κ3) is 3.16. The van der Waals surface area contributed by atoms with Gasteiger partial charge in [0.15, 0.2) is 0 Å². The zero-order valence-corrected chi connectivity index (χ0v) is 10.3. The highest BCUT2D eigenvalue weighted by Gasteiger charge is 2.07. The highest BCUT2D eigenvalue weighted by Crippen LogP contribution is 2.16. The molecule has 1 amide bonds. The van der Waals surface area contributed by atoms with E-state index >= 15 is 0 Å². The molecular weight excluding hydrogens is 208 g/mol. The second-order valence-electron chi connectivity index (χ2n) is 3.76. The van der Waals surface area contributed by atoms with Crippen LogP contribution in [0.4, 0.5) is 0 Å². The van der Waals surface area contributed by atoms with Gasteiger partial charge in [0.2, 0.25) is 5.91 Å². The van der Waals surface area contributed by atoms with Gasteiger partial charge in [-0.25, -0.2) is 5.43 Å². The van der Waals surface area contributed by atoms with Crippen LogP contribution in [0.5, 0.6) is 0 Å². The Morgan fingerprint density at radius 2 is 2.20 bits per heavy atom. The first-order chi connectivity index (χ1) is 7.02. The minimum Gasteiger partial charge on any atom is -0.273 e. The molecule has 0 atom stereocenters. The van der Waals surface area contributed by atoms with E-state index in [0.717, 1.165) is 10.6 Å². The van der Waals surface area contributed by atoms with E-state index in [1.807, 2.05) is 39.1 Å². The third-order valence-corrected chi connectivity index (χ3v) is 3.17. The summed E-state index contributed by atoms with van der Waals surface area (Å²) in [5.74, 6) is -0.0884. The SMILES string of the molecule is CC(=NNC(=O)C(C)C)c1sccc1C. The predicted molar refractivity (Wildman–Crippen MR) is 64.2 cm³/mol. The fraction of sp³-hybridized carbons (Fsp3) is 0.455. The van der Waals surface area contributed by atoms with Crippen molar-refractivity contribution in [2.75, 3.05) is 0 Å². The van der Waals surface area contributed by atoms with Crippen LogP contribution in [0.3, 0.4) is 0 Å². The molecule has 0 aliphatic heterocycles. The lowest BCUT2D eigenvalue weighted by atomic mass is 10.2. The number of hydrogen-bond acceptors (Lipinski definition) is 3. The van der Waals surface area contributed by atoms with Gasteiger partial charge in [-0.2, -0.15) is 5.10 Å². The molecule has 1 aromatic heterocycles. The first-order valence-corrected chi connectivity index (χ1v) is 5.79. The van der Waals surface area contributed by atoms with Crippen LogP contribution in [0, 0.1) is 12.8 Å². The van der Waals surface area contributed by atoms with Crippen molar-refractivity contribution in [1.29, 1.82) is 0 Å². The quantitative estimate of drug-likeness (QED) is 0.622. The van der Waals surface area contributed by atoms with Crippen molar-refractivity contribution in [2.24, 2.45) is 11.0 Å².